The van der Waals surface area contributed by atoms with Gasteiger partial charge >= 0.3 is 0 Å². The number of thioether (sulfide) groups is 1. The van der Waals surface area contributed by atoms with Gasteiger partial charge in [0.2, 0.25) is 0 Å². The van der Waals surface area contributed by atoms with E-state index in [1.54, 1.807) is 0 Å². The molecule has 5 heteroatoms. The van der Waals surface area contributed by atoms with Gasteiger partial charge in [-0.25, -0.2) is 0 Å². The number of hydrogen-bond acceptors (Lipinski definition) is 2. The van der Waals surface area contributed by atoms with E-state index in [0.29, 0.717) is 6.04 Å². The van der Waals surface area contributed by atoms with Crippen LogP contribution in [0.4, 0.5) is 0 Å². The lowest BCUT2D eigenvalue weighted by Gasteiger charge is -2.29. The second kappa shape index (κ2) is 5.62. The second-order valence-electron chi connectivity index (χ2n) is 5.14. The molecular weight excluding hydrogens is 340 g/mol. The number of rotatable bonds is 2. The molecule has 2 aromatic rings. The summed E-state index contributed by atoms with van der Waals surface area (Å²) in [4.78, 5) is 3.33. The van der Waals surface area contributed by atoms with Crippen molar-refractivity contribution in [1.29, 1.82) is 0 Å². The Balaban J connectivity index is 2.06. The van der Waals surface area contributed by atoms with Gasteiger partial charge in [-0.1, -0.05) is 22.4 Å². The van der Waals surface area contributed by atoms with Crippen LogP contribution in [0.25, 0.3) is 11.0 Å². The van der Waals surface area contributed by atoms with Crippen molar-refractivity contribution in [2.45, 2.75) is 37.0 Å². The van der Waals surface area contributed by atoms with Gasteiger partial charge in [-0.05, 0) is 55.9 Å². The second-order valence-corrected chi connectivity index (χ2v) is 7.58. The minimum Gasteiger partial charge on any atom is -0.331 e. The molecule has 1 saturated carbocycles. The lowest BCUT2D eigenvalue weighted by atomic mass is 9.94. The number of imidazole rings is 1. The van der Waals surface area contributed by atoms with Gasteiger partial charge in [0, 0.05) is 15.8 Å². The molecule has 0 saturated heterocycles. The molecule has 1 aromatic carbocycles. The van der Waals surface area contributed by atoms with E-state index in [1.165, 1.54) is 31.2 Å². The molecule has 1 aliphatic rings. The van der Waals surface area contributed by atoms with Gasteiger partial charge in [-0.2, -0.15) is 11.8 Å². The molecule has 0 aliphatic heterocycles. The third-order valence-corrected chi connectivity index (χ3v) is 5.86. The predicted molar refractivity (Wildman–Crippen MR) is 89.6 cm³/mol. The Labute approximate surface area is 131 Å². The Morgan fingerprint density at radius 3 is 3.05 bits per heavy atom. The number of nitrogens with one attached hydrogen (secondary N) is 1. The fourth-order valence-electron chi connectivity index (χ4n) is 3.03. The summed E-state index contributed by atoms with van der Waals surface area (Å²) in [5.41, 5.74) is 2.37. The van der Waals surface area contributed by atoms with E-state index in [1.807, 2.05) is 11.8 Å². The van der Waals surface area contributed by atoms with Crippen LogP contribution in [0.2, 0.25) is 0 Å². The average Bonchev–Trinajstić information content (AvgIpc) is 2.74. The van der Waals surface area contributed by atoms with Crippen molar-refractivity contribution < 1.29 is 0 Å². The van der Waals surface area contributed by atoms with E-state index in [2.05, 4.69) is 49.9 Å². The first-order chi connectivity index (χ1) is 9.19. The number of nitrogens with zero attached hydrogens (tertiary/aromatic N) is 1. The SMILES string of the molecule is CSC1CCCC(n2c(=S)[nH]c3ccc(Br)cc32)C1. The topological polar surface area (TPSA) is 20.7 Å². The van der Waals surface area contributed by atoms with Crippen LogP contribution in [0, 0.1) is 4.77 Å². The van der Waals surface area contributed by atoms with E-state index in [0.717, 1.165) is 20.0 Å². The summed E-state index contributed by atoms with van der Waals surface area (Å²) in [5.74, 6) is 0. The molecule has 0 amide bonds. The van der Waals surface area contributed by atoms with Crippen LogP contribution in [0.1, 0.15) is 31.7 Å². The molecule has 0 spiro atoms. The lowest BCUT2D eigenvalue weighted by Crippen LogP contribution is -2.20. The Hall–Kier alpha value is -0.260. The number of fused-ring (bicyclic) bond motifs is 1. The van der Waals surface area contributed by atoms with E-state index in [-0.39, 0.29) is 0 Å². The Bertz CT molecular complexity index is 646. The highest BCUT2D eigenvalue weighted by Gasteiger charge is 2.24. The number of halogens is 1. The number of hydrogen-bond donors (Lipinski definition) is 1. The summed E-state index contributed by atoms with van der Waals surface area (Å²) in [6, 6.07) is 6.87. The van der Waals surface area contributed by atoms with Crippen molar-refractivity contribution in [2.24, 2.45) is 0 Å². The van der Waals surface area contributed by atoms with Gasteiger partial charge in [0.05, 0.1) is 11.0 Å². The normalized spacial score (nSPS) is 23.9. The van der Waals surface area contributed by atoms with E-state index < -0.39 is 0 Å². The van der Waals surface area contributed by atoms with Gasteiger partial charge in [-0.15, -0.1) is 0 Å². The zero-order valence-electron chi connectivity index (χ0n) is 10.9. The zero-order chi connectivity index (χ0) is 13.4. The fourth-order valence-corrected chi connectivity index (χ4v) is 4.55. The molecule has 2 nitrogen and oxygen atoms in total. The summed E-state index contributed by atoms with van der Waals surface area (Å²) in [7, 11) is 0. The molecule has 1 heterocycles. The van der Waals surface area contributed by atoms with Gasteiger partial charge in [0.15, 0.2) is 4.77 Å². The maximum Gasteiger partial charge on any atom is 0.178 e. The fraction of sp³-hybridized carbons (Fsp3) is 0.500. The molecule has 1 aromatic heterocycles. The number of H-pyrrole nitrogens is 1. The lowest BCUT2D eigenvalue weighted by molar-refractivity contribution is 0.365. The zero-order valence-corrected chi connectivity index (χ0v) is 14.1. The summed E-state index contributed by atoms with van der Waals surface area (Å²) in [6.45, 7) is 0. The Morgan fingerprint density at radius 2 is 2.26 bits per heavy atom. The summed E-state index contributed by atoms with van der Waals surface area (Å²) in [5, 5.41) is 0.776. The first-order valence-electron chi connectivity index (χ1n) is 6.61. The standard InChI is InChI=1S/C14H17BrN2S2/c1-19-11-4-2-3-10(8-11)17-13-7-9(15)5-6-12(13)16-14(17)18/h5-7,10-11H,2-4,8H2,1H3,(H,16,18). The van der Waals surface area contributed by atoms with Crippen LogP contribution in [-0.4, -0.2) is 21.1 Å². The third kappa shape index (κ3) is 2.65. The van der Waals surface area contributed by atoms with Crippen molar-refractivity contribution in [3.05, 3.63) is 27.4 Å². The predicted octanol–water partition coefficient (Wildman–Crippen LogP) is 5.31. The highest BCUT2D eigenvalue weighted by molar-refractivity contribution is 9.10. The van der Waals surface area contributed by atoms with Crippen molar-refractivity contribution in [3.8, 4) is 0 Å². The van der Waals surface area contributed by atoms with E-state index >= 15 is 0 Å². The monoisotopic (exact) mass is 356 g/mol. The molecule has 19 heavy (non-hydrogen) atoms. The molecule has 1 aliphatic carbocycles. The van der Waals surface area contributed by atoms with Gasteiger partial charge < -0.3 is 9.55 Å². The van der Waals surface area contributed by atoms with Gasteiger partial charge in [-0.3, -0.25) is 0 Å². The minimum absolute atomic E-state index is 0.543. The highest BCUT2D eigenvalue weighted by atomic mass is 79.9. The van der Waals surface area contributed by atoms with Crippen molar-refractivity contribution in [1.82, 2.24) is 9.55 Å². The molecule has 102 valence electrons. The molecule has 3 rings (SSSR count). The average molecular weight is 357 g/mol. The minimum atomic E-state index is 0.543. The maximum atomic E-state index is 5.54. The number of benzene rings is 1. The quantitative estimate of drug-likeness (QED) is 0.736. The Kier molecular flexibility index (Phi) is 4.06. The summed E-state index contributed by atoms with van der Waals surface area (Å²) in [6.07, 6.45) is 7.34. The van der Waals surface area contributed by atoms with E-state index in [9.17, 15) is 0 Å². The van der Waals surface area contributed by atoms with Gasteiger partial charge in [0.1, 0.15) is 0 Å². The molecule has 1 fully saturated rings. The largest absolute Gasteiger partial charge is 0.331 e. The number of aromatic amines is 1. The molecule has 0 radical (unpaired) electrons. The van der Waals surface area contributed by atoms with Crippen molar-refractivity contribution in [3.63, 3.8) is 0 Å². The molecule has 2 atom stereocenters. The van der Waals surface area contributed by atoms with Crippen LogP contribution in [0.3, 0.4) is 0 Å². The van der Waals surface area contributed by atoms with Crippen LogP contribution >= 0.6 is 39.9 Å². The molecule has 0 bridgehead atoms. The van der Waals surface area contributed by atoms with Crippen molar-refractivity contribution >= 4 is 50.9 Å². The smallest absolute Gasteiger partial charge is 0.178 e. The van der Waals surface area contributed by atoms with E-state index in [4.69, 9.17) is 12.2 Å². The summed E-state index contributed by atoms with van der Waals surface area (Å²) < 4.78 is 4.30. The first kappa shape index (κ1) is 13.7. The molecular formula is C14H17BrN2S2. The first-order valence-corrected chi connectivity index (χ1v) is 9.10. The van der Waals surface area contributed by atoms with Crippen LogP contribution in [-0.2, 0) is 0 Å². The molecule has 2 unspecified atom stereocenters. The van der Waals surface area contributed by atoms with Crippen LogP contribution in [0.5, 0.6) is 0 Å². The summed E-state index contributed by atoms with van der Waals surface area (Å²) >= 11 is 11.1. The van der Waals surface area contributed by atoms with Crippen molar-refractivity contribution in [2.75, 3.05) is 6.26 Å². The number of aromatic nitrogens is 2. The van der Waals surface area contributed by atoms with Crippen LogP contribution in [0.15, 0.2) is 22.7 Å². The molecule has 1 N–H and O–H groups in total. The highest BCUT2D eigenvalue weighted by Crippen LogP contribution is 2.36. The Morgan fingerprint density at radius 1 is 1.42 bits per heavy atom. The maximum absolute atomic E-state index is 5.54. The van der Waals surface area contributed by atoms with Gasteiger partial charge in [0.25, 0.3) is 0 Å². The third-order valence-electron chi connectivity index (χ3n) is 3.98. The van der Waals surface area contributed by atoms with Crippen LogP contribution < -0.4 is 0 Å².